The minimum absolute atomic E-state index is 0.236. The largest absolute Gasteiger partial charge is 0.501 e. The van der Waals surface area contributed by atoms with Crippen LogP contribution in [0.15, 0.2) is 12.3 Å². The lowest BCUT2D eigenvalue weighted by Crippen LogP contribution is -1.97. The van der Waals surface area contributed by atoms with Gasteiger partial charge in [0.2, 0.25) is 0 Å². The highest BCUT2D eigenvalue weighted by Gasteiger charge is 2.03. The Labute approximate surface area is 42.3 Å². The second-order valence-electron chi connectivity index (χ2n) is 1.49. The van der Waals surface area contributed by atoms with Crippen molar-refractivity contribution in [3.8, 4) is 0 Å². The maximum atomic E-state index is 6.74. The van der Waals surface area contributed by atoms with Crippen molar-refractivity contribution in [2.75, 3.05) is 6.61 Å². The third kappa shape index (κ3) is 0.796. The normalized spacial score (nSPS) is 27.1. The van der Waals surface area contributed by atoms with Crippen LogP contribution in [0.3, 0.4) is 0 Å². The molecule has 1 aliphatic heterocycles. The van der Waals surface area contributed by atoms with Crippen LogP contribution in [0.5, 0.6) is 0 Å². The summed E-state index contributed by atoms with van der Waals surface area (Å²) in [6.45, 7) is 0.656. The molecule has 2 nitrogen and oxygen atoms in total. The summed E-state index contributed by atoms with van der Waals surface area (Å²) in [7, 11) is 0. The molecule has 0 aliphatic carbocycles. The molecule has 0 radical (unpaired) electrons. The van der Waals surface area contributed by atoms with E-state index in [1.165, 1.54) is 6.21 Å². The van der Waals surface area contributed by atoms with Crippen molar-refractivity contribution < 1.29 is 4.74 Å². The fourth-order valence-electron chi connectivity index (χ4n) is 0.482. The first kappa shape index (κ1) is 4.37. The molecule has 1 atom stereocenters. The average molecular weight is 97.1 g/mol. The molecular formula is C5H7NO. The molecule has 0 saturated heterocycles. The van der Waals surface area contributed by atoms with Gasteiger partial charge in [-0.25, -0.2) is 0 Å². The first-order valence-electron chi connectivity index (χ1n) is 2.22. The van der Waals surface area contributed by atoms with E-state index in [4.69, 9.17) is 10.1 Å². The van der Waals surface area contributed by atoms with Crippen LogP contribution in [0, 0.1) is 11.3 Å². The number of nitrogens with one attached hydrogen (secondary N) is 1. The zero-order chi connectivity index (χ0) is 5.11. The van der Waals surface area contributed by atoms with E-state index in [1.807, 2.05) is 6.08 Å². The van der Waals surface area contributed by atoms with Gasteiger partial charge in [-0.3, -0.25) is 0 Å². The highest BCUT2D eigenvalue weighted by atomic mass is 16.5. The SMILES string of the molecule is N=CC1C=COC1. The van der Waals surface area contributed by atoms with Gasteiger partial charge < -0.3 is 10.1 Å². The van der Waals surface area contributed by atoms with Gasteiger partial charge in [-0.1, -0.05) is 0 Å². The van der Waals surface area contributed by atoms with Crippen molar-refractivity contribution in [1.29, 1.82) is 5.41 Å². The Morgan fingerprint density at radius 3 is 3.00 bits per heavy atom. The third-order valence-electron chi connectivity index (χ3n) is 0.925. The summed E-state index contributed by atoms with van der Waals surface area (Å²) in [6.07, 6.45) is 4.88. The Morgan fingerprint density at radius 1 is 1.86 bits per heavy atom. The third-order valence-corrected chi connectivity index (χ3v) is 0.925. The highest BCUT2D eigenvalue weighted by molar-refractivity contribution is 5.60. The second-order valence-corrected chi connectivity index (χ2v) is 1.49. The monoisotopic (exact) mass is 97.1 g/mol. The summed E-state index contributed by atoms with van der Waals surface area (Å²) >= 11 is 0. The van der Waals surface area contributed by atoms with Gasteiger partial charge in [-0.15, -0.1) is 0 Å². The molecule has 0 spiro atoms. The average Bonchev–Trinajstić information content (AvgIpc) is 2.14. The van der Waals surface area contributed by atoms with Gasteiger partial charge in [-0.05, 0) is 6.08 Å². The quantitative estimate of drug-likeness (QED) is 0.482. The Morgan fingerprint density at radius 2 is 2.71 bits per heavy atom. The van der Waals surface area contributed by atoms with E-state index in [0.29, 0.717) is 6.61 Å². The second kappa shape index (κ2) is 1.78. The molecule has 1 heterocycles. The fraction of sp³-hybridized carbons (Fsp3) is 0.400. The van der Waals surface area contributed by atoms with Crippen LogP contribution in [0.25, 0.3) is 0 Å². The molecule has 0 saturated carbocycles. The lowest BCUT2D eigenvalue weighted by molar-refractivity contribution is 0.269. The highest BCUT2D eigenvalue weighted by Crippen LogP contribution is 2.03. The number of rotatable bonds is 1. The van der Waals surface area contributed by atoms with Crippen molar-refractivity contribution in [3.63, 3.8) is 0 Å². The molecule has 7 heavy (non-hydrogen) atoms. The Balaban J connectivity index is 2.42. The summed E-state index contributed by atoms with van der Waals surface area (Å²) in [5.74, 6) is 0.236. The molecule has 0 aromatic rings. The fourth-order valence-corrected chi connectivity index (χ4v) is 0.482. The minimum Gasteiger partial charge on any atom is -0.501 e. The molecule has 0 amide bonds. The molecule has 2 heteroatoms. The molecule has 1 aliphatic rings. The van der Waals surface area contributed by atoms with E-state index in [-0.39, 0.29) is 5.92 Å². The van der Waals surface area contributed by atoms with Crippen LogP contribution >= 0.6 is 0 Å². The van der Waals surface area contributed by atoms with Crippen LogP contribution in [0.4, 0.5) is 0 Å². The number of hydrogen-bond acceptors (Lipinski definition) is 2. The molecule has 0 aromatic heterocycles. The van der Waals surface area contributed by atoms with Gasteiger partial charge in [0.05, 0.1) is 12.9 Å². The molecule has 1 unspecified atom stereocenters. The van der Waals surface area contributed by atoms with E-state index in [9.17, 15) is 0 Å². The molecule has 0 bridgehead atoms. The molecule has 38 valence electrons. The zero-order valence-corrected chi connectivity index (χ0v) is 3.92. The summed E-state index contributed by atoms with van der Waals surface area (Å²) in [5, 5.41) is 6.74. The van der Waals surface area contributed by atoms with E-state index in [0.717, 1.165) is 0 Å². The molecular weight excluding hydrogens is 90.1 g/mol. The lowest BCUT2D eigenvalue weighted by Gasteiger charge is -1.91. The maximum Gasteiger partial charge on any atom is 0.0986 e. The van der Waals surface area contributed by atoms with Crippen molar-refractivity contribution >= 4 is 6.21 Å². The van der Waals surface area contributed by atoms with Crippen molar-refractivity contribution in [2.24, 2.45) is 5.92 Å². The Hall–Kier alpha value is -0.790. The lowest BCUT2D eigenvalue weighted by atomic mass is 10.2. The summed E-state index contributed by atoms with van der Waals surface area (Å²) in [4.78, 5) is 0. The van der Waals surface area contributed by atoms with E-state index in [2.05, 4.69) is 0 Å². The molecule has 1 rings (SSSR count). The number of ether oxygens (including phenoxy) is 1. The minimum atomic E-state index is 0.236. The van der Waals surface area contributed by atoms with Gasteiger partial charge in [0, 0.05) is 12.1 Å². The first-order valence-corrected chi connectivity index (χ1v) is 2.22. The van der Waals surface area contributed by atoms with Crippen LogP contribution in [0.1, 0.15) is 0 Å². The summed E-state index contributed by atoms with van der Waals surface area (Å²) in [6, 6.07) is 0. The molecule has 1 N–H and O–H groups in total. The van der Waals surface area contributed by atoms with Crippen molar-refractivity contribution in [1.82, 2.24) is 0 Å². The predicted octanol–water partition coefficient (Wildman–Crippen LogP) is 0.796. The van der Waals surface area contributed by atoms with Gasteiger partial charge >= 0.3 is 0 Å². The Bertz CT molecular complexity index is 98.3. The van der Waals surface area contributed by atoms with Crippen LogP contribution in [0.2, 0.25) is 0 Å². The maximum absolute atomic E-state index is 6.74. The van der Waals surface area contributed by atoms with Gasteiger partial charge in [0.1, 0.15) is 0 Å². The zero-order valence-electron chi connectivity index (χ0n) is 3.92. The van der Waals surface area contributed by atoms with E-state index >= 15 is 0 Å². The standard InChI is InChI=1S/C5H7NO/c6-3-5-1-2-7-4-5/h1-3,5-6H,4H2. The summed E-state index contributed by atoms with van der Waals surface area (Å²) < 4.78 is 4.82. The van der Waals surface area contributed by atoms with Crippen LogP contribution in [-0.4, -0.2) is 12.8 Å². The molecule has 0 aromatic carbocycles. The van der Waals surface area contributed by atoms with Gasteiger partial charge in [-0.2, -0.15) is 0 Å². The summed E-state index contributed by atoms with van der Waals surface area (Å²) in [5.41, 5.74) is 0. The van der Waals surface area contributed by atoms with Crippen molar-refractivity contribution in [2.45, 2.75) is 0 Å². The first-order chi connectivity index (χ1) is 3.43. The van der Waals surface area contributed by atoms with Gasteiger partial charge in [0.15, 0.2) is 0 Å². The van der Waals surface area contributed by atoms with Crippen LogP contribution in [-0.2, 0) is 4.74 Å². The number of hydrogen-bond donors (Lipinski definition) is 1. The van der Waals surface area contributed by atoms with E-state index in [1.54, 1.807) is 6.26 Å². The van der Waals surface area contributed by atoms with Crippen molar-refractivity contribution in [3.05, 3.63) is 12.3 Å². The molecule has 0 fully saturated rings. The predicted molar refractivity (Wildman–Crippen MR) is 27.4 cm³/mol. The topological polar surface area (TPSA) is 33.1 Å². The Kier molecular flexibility index (Phi) is 1.11. The van der Waals surface area contributed by atoms with E-state index < -0.39 is 0 Å². The smallest absolute Gasteiger partial charge is 0.0986 e. The van der Waals surface area contributed by atoms with Gasteiger partial charge in [0.25, 0.3) is 0 Å². The van der Waals surface area contributed by atoms with Crippen LogP contribution < -0.4 is 0 Å².